The molecule has 1 unspecified atom stereocenters. The standard InChI is InChI=1S/C19H23N3O2/c1-21(12-15-5-2-4-14(10-15)11-20)18(23)17-6-3-9-22(13-17)19(24)16-7-8-16/h2,4-5,10,16-17H,3,6-9,12-13H2,1H3. The third-order valence-corrected chi connectivity index (χ3v) is 4.86. The minimum absolute atomic E-state index is 0.0886. The van der Waals surface area contributed by atoms with E-state index < -0.39 is 0 Å². The average molecular weight is 325 g/mol. The van der Waals surface area contributed by atoms with Gasteiger partial charge in [0.1, 0.15) is 0 Å². The van der Waals surface area contributed by atoms with Gasteiger partial charge in [0.2, 0.25) is 11.8 Å². The van der Waals surface area contributed by atoms with Crippen molar-refractivity contribution in [2.45, 2.75) is 32.2 Å². The average Bonchev–Trinajstić information content (AvgIpc) is 3.45. The number of piperidine rings is 1. The van der Waals surface area contributed by atoms with Gasteiger partial charge in [-0.15, -0.1) is 0 Å². The molecule has 24 heavy (non-hydrogen) atoms. The first-order valence-electron chi connectivity index (χ1n) is 8.61. The molecule has 2 aliphatic rings. The Morgan fingerprint density at radius 1 is 1.29 bits per heavy atom. The number of hydrogen-bond acceptors (Lipinski definition) is 3. The van der Waals surface area contributed by atoms with Crippen molar-refractivity contribution in [3.63, 3.8) is 0 Å². The first-order valence-corrected chi connectivity index (χ1v) is 8.61. The van der Waals surface area contributed by atoms with Crippen molar-refractivity contribution in [1.82, 2.24) is 9.80 Å². The molecule has 1 aromatic carbocycles. The maximum atomic E-state index is 12.7. The summed E-state index contributed by atoms with van der Waals surface area (Å²) in [7, 11) is 1.79. The maximum absolute atomic E-state index is 12.7. The second-order valence-electron chi connectivity index (χ2n) is 6.90. The second-order valence-corrected chi connectivity index (χ2v) is 6.90. The topological polar surface area (TPSA) is 64.4 Å². The molecule has 0 bridgehead atoms. The fourth-order valence-electron chi connectivity index (χ4n) is 3.37. The van der Waals surface area contributed by atoms with Crippen LogP contribution in [0.2, 0.25) is 0 Å². The summed E-state index contributed by atoms with van der Waals surface area (Å²) < 4.78 is 0. The highest BCUT2D eigenvalue weighted by Gasteiger charge is 2.37. The quantitative estimate of drug-likeness (QED) is 0.852. The lowest BCUT2D eigenvalue weighted by Gasteiger charge is -2.34. The van der Waals surface area contributed by atoms with E-state index in [-0.39, 0.29) is 23.7 Å². The number of carbonyl (C=O) groups is 2. The van der Waals surface area contributed by atoms with Crippen molar-refractivity contribution in [3.8, 4) is 6.07 Å². The van der Waals surface area contributed by atoms with Gasteiger partial charge in [-0.05, 0) is 43.4 Å². The molecule has 2 fully saturated rings. The van der Waals surface area contributed by atoms with Crippen LogP contribution < -0.4 is 0 Å². The molecule has 5 heteroatoms. The lowest BCUT2D eigenvalue weighted by molar-refractivity contribution is -0.141. The van der Waals surface area contributed by atoms with Gasteiger partial charge in [-0.25, -0.2) is 0 Å². The van der Waals surface area contributed by atoms with Crippen molar-refractivity contribution in [2.24, 2.45) is 11.8 Å². The number of rotatable bonds is 4. The number of amides is 2. The summed E-state index contributed by atoms with van der Waals surface area (Å²) in [4.78, 5) is 28.6. The summed E-state index contributed by atoms with van der Waals surface area (Å²) in [5.41, 5.74) is 1.55. The molecule has 1 saturated heterocycles. The SMILES string of the molecule is CN(Cc1cccc(C#N)c1)C(=O)C1CCCN(C(=O)C2CC2)C1. The van der Waals surface area contributed by atoms with Gasteiger partial charge >= 0.3 is 0 Å². The van der Waals surface area contributed by atoms with Crippen molar-refractivity contribution in [3.05, 3.63) is 35.4 Å². The zero-order valence-electron chi connectivity index (χ0n) is 14.1. The van der Waals surface area contributed by atoms with Crippen LogP contribution in [0.25, 0.3) is 0 Å². The molecule has 1 saturated carbocycles. The van der Waals surface area contributed by atoms with Crippen molar-refractivity contribution >= 4 is 11.8 Å². The maximum Gasteiger partial charge on any atom is 0.227 e. The highest BCUT2D eigenvalue weighted by Crippen LogP contribution is 2.32. The second kappa shape index (κ2) is 7.04. The van der Waals surface area contributed by atoms with Gasteiger partial charge in [0.05, 0.1) is 17.6 Å². The zero-order valence-corrected chi connectivity index (χ0v) is 14.1. The Balaban J connectivity index is 1.60. The van der Waals surface area contributed by atoms with Crippen LogP contribution in [-0.2, 0) is 16.1 Å². The number of hydrogen-bond donors (Lipinski definition) is 0. The molecule has 1 aliphatic carbocycles. The van der Waals surface area contributed by atoms with E-state index in [1.54, 1.807) is 18.0 Å². The Morgan fingerprint density at radius 3 is 2.79 bits per heavy atom. The van der Waals surface area contributed by atoms with Crippen LogP contribution in [0.4, 0.5) is 0 Å². The van der Waals surface area contributed by atoms with Crippen LogP contribution in [0.3, 0.4) is 0 Å². The molecule has 1 heterocycles. The normalized spacial score (nSPS) is 20.3. The predicted molar refractivity (Wildman–Crippen MR) is 89.7 cm³/mol. The molecule has 1 atom stereocenters. The molecular weight excluding hydrogens is 302 g/mol. The molecule has 0 spiro atoms. The number of carbonyl (C=O) groups excluding carboxylic acids is 2. The minimum atomic E-state index is -0.106. The van der Waals surface area contributed by atoms with Gasteiger partial charge in [-0.3, -0.25) is 9.59 Å². The number of nitriles is 1. The molecular formula is C19H23N3O2. The lowest BCUT2D eigenvalue weighted by Crippen LogP contribution is -2.46. The van der Waals surface area contributed by atoms with E-state index in [9.17, 15) is 9.59 Å². The first kappa shape index (κ1) is 16.5. The monoisotopic (exact) mass is 325 g/mol. The Kier molecular flexibility index (Phi) is 4.84. The predicted octanol–water partition coefficient (Wildman–Crippen LogP) is 2.17. The van der Waals surface area contributed by atoms with Crippen molar-refractivity contribution in [1.29, 1.82) is 5.26 Å². The van der Waals surface area contributed by atoms with E-state index in [0.29, 0.717) is 18.7 Å². The van der Waals surface area contributed by atoms with Gasteiger partial charge in [-0.2, -0.15) is 5.26 Å². The summed E-state index contributed by atoms with van der Waals surface area (Å²) in [5, 5.41) is 8.97. The fourth-order valence-corrected chi connectivity index (χ4v) is 3.37. The summed E-state index contributed by atoms with van der Waals surface area (Å²) in [6.07, 6.45) is 3.74. The van der Waals surface area contributed by atoms with E-state index in [0.717, 1.165) is 37.8 Å². The molecule has 5 nitrogen and oxygen atoms in total. The third-order valence-electron chi connectivity index (χ3n) is 4.86. The van der Waals surface area contributed by atoms with Crippen LogP contribution in [0.1, 0.15) is 36.8 Å². The van der Waals surface area contributed by atoms with Crippen molar-refractivity contribution in [2.75, 3.05) is 20.1 Å². The largest absolute Gasteiger partial charge is 0.342 e. The van der Waals surface area contributed by atoms with Crippen LogP contribution in [0, 0.1) is 23.2 Å². The Hall–Kier alpha value is -2.35. The molecule has 0 N–H and O–H groups in total. The smallest absolute Gasteiger partial charge is 0.227 e. The van der Waals surface area contributed by atoms with Gasteiger partial charge in [0, 0.05) is 32.6 Å². The minimum Gasteiger partial charge on any atom is -0.342 e. The molecule has 126 valence electrons. The van der Waals surface area contributed by atoms with E-state index in [1.165, 1.54) is 0 Å². The van der Waals surface area contributed by atoms with Gasteiger partial charge in [0.15, 0.2) is 0 Å². The van der Waals surface area contributed by atoms with Crippen molar-refractivity contribution < 1.29 is 9.59 Å². The number of nitrogens with zero attached hydrogens (tertiary/aromatic N) is 3. The molecule has 0 radical (unpaired) electrons. The van der Waals surface area contributed by atoms with Gasteiger partial charge in [0.25, 0.3) is 0 Å². The van der Waals surface area contributed by atoms with E-state index >= 15 is 0 Å². The van der Waals surface area contributed by atoms with Gasteiger partial charge < -0.3 is 9.80 Å². The molecule has 1 aromatic rings. The Labute approximate surface area is 142 Å². The third kappa shape index (κ3) is 3.76. The van der Waals surface area contributed by atoms with E-state index in [4.69, 9.17) is 5.26 Å². The van der Waals surface area contributed by atoms with Crippen LogP contribution in [0.15, 0.2) is 24.3 Å². The highest BCUT2D eigenvalue weighted by molar-refractivity contribution is 5.83. The number of benzene rings is 1. The van der Waals surface area contributed by atoms with E-state index in [1.807, 2.05) is 23.1 Å². The zero-order chi connectivity index (χ0) is 17.1. The molecule has 2 amide bonds. The van der Waals surface area contributed by atoms with E-state index in [2.05, 4.69) is 6.07 Å². The lowest BCUT2D eigenvalue weighted by atomic mass is 9.96. The summed E-state index contributed by atoms with van der Waals surface area (Å²) in [6, 6.07) is 9.45. The van der Waals surface area contributed by atoms with Crippen LogP contribution >= 0.6 is 0 Å². The number of likely N-dealkylation sites (tertiary alicyclic amines) is 1. The summed E-state index contributed by atoms with van der Waals surface area (Å²) in [5.74, 6) is 0.429. The van der Waals surface area contributed by atoms with Gasteiger partial charge in [-0.1, -0.05) is 12.1 Å². The Morgan fingerprint density at radius 2 is 2.08 bits per heavy atom. The molecule has 0 aromatic heterocycles. The molecule has 1 aliphatic heterocycles. The first-order chi connectivity index (χ1) is 11.6. The Bertz CT molecular complexity index is 675. The summed E-state index contributed by atoms with van der Waals surface area (Å²) in [6.45, 7) is 1.82. The van der Waals surface area contributed by atoms with Crippen LogP contribution in [0.5, 0.6) is 0 Å². The summed E-state index contributed by atoms with van der Waals surface area (Å²) >= 11 is 0. The van der Waals surface area contributed by atoms with Crippen LogP contribution in [-0.4, -0.2) is 41.8 Å². The fraction of sp³-hybridized carbons (Fsp3) is 0.526. The molecule has 3 rings (SSSR count). The highest BCUT2D eigenvalue weighted by atomic mass is 16.2.